The maximum absolute atomic E-state index is 13.5. The van der Waals surface area contributed by atoms with Gasteiger partial charge < -0.3 is 5.73 Å². The van der Waals surface area contributed by atoms with Crippen LogP contribution in [0.4, 0.5) is 4.39 Å². The maximum atomic E-state index is 13.5. The topological polar surface area (TPSA) is 56.2 Å². The van der Waals surface area contributed by atoms with Crippen molar-refractivity contribution in [3.8, 4) is 0 Å². The summed E-state index contributed by atoms with van der Waals surface area (Å²) in [6.07, 6.45) is 1.22. The molecule has 0 spiro atoms. The van der Waals surface area contributed by atoms with E-state index in [2.05, 4.69) is 10.1 Å². The molecule has 0 fully saturated rings. The zero-order chi connectivity index (χ0) is 13.2. The van der Waals surface area contributed by atoms with E-state index in [1.54, 1.807) is 16.6 Å². The molecule has 19 heavy (non-hydrogen) atoms. The molecule has 0 amide bonds. The third kappa shape index (κ3) is 2.36. The van der Waals surface area contributed by atoms with E-state index in [1.165, 1.54) is 17.4 Å². The van der Waals surface area contributed by atoms with Gasteiger partial charge in [0.25, 0.3) is 0 Å². The minimum Gasteiger partial charge on any atom is -0.325 e. The number of aryl methyl sites for hydroxylation is 2. The number of aromatic nitrogens is 3. The first-order valence-electron chi connectivity index (χ1n) is 6.03. The third-order valence-corrected chi connectivity index (χ3v) is 3.84. The van der Waals surface area contributed by atoms with Gasteiger partial charge in [-0.25, -0.2) is 13.9 Å². The molecular formula is C13H13FN4S. The Bertz CT molecular complexity index is 704. The Kier molecular flexibility index (Phi) is 3.27. The molecule has 98 valence electrons. The SMILES string of the molecule is NCc1csc2nc(CCc3ccccc3F)nn12. The van der Waals surface area contributed by atoms with Crippen LogP contribution in [0.2, 0.25) is 0 Å². The van der Waals surface area contributed by atoms with Crippen LogP contribution in [0, 0.1) is 5.82 Å². The first-order chi connectivity index (χ1) is 9.28. The molecule has 0 aliphatic rings. The molecular weight excluding hydrogens is 263 g/mol. The Morgan fingerprint density at radius 3 is 2.89 bits per heavy atom. The number of nitrogens with two attached hydrogens (primary N) is 1. The third-order valence-electron chi connectivity index (χ3n) is 2.98. The van der Waals surface area contributed by atoms with E-state index >= 15 is 0 Å². The molecule has 0 saturated carbocycles. The van der Waals surface area contributed by atoms with Gasteiger partial charge in [0.2, 0.25) is 4.96 Å². The lowest BCUT2D eigenvalue weighted by atomic mass is 10.1. The van der Waals surface area contributed by atoms with Crippen LogP contribution >= 0.6 is 11.3 Å². The summed E-state index contributed by atoms with van der Waals surface area (Å²) < 4.78 is 15.3. The zero-order valence-corrected chi connectivity index (χ0v) is 11.0. The number of rotatable bonds is 4. The summed E-state index contributed by atoms with van der Waals surface area (Å²) in [4.78, 5) is 5.26. The van der Waals surface area contributed by atoms with E-state index in [0.717, 1.165) is 16.5 Å². The second kappa shape index (κ2) is 5.07. The Morgan fingerprint density at radius 1 is 1.26 bits per heavy atom. The average Bonchev–Trinajstić information content (AvgIpc) is 2.97. The number of hydrogen-bond acceptors (Lipinski definition) is 4. The van der Waals surface area contributed by atoms with Gasteiger partial charge in [0.05, 0.1) is 5.69 Å². The Balaban J connectivity index is 1.78. The molecule has 3 rings (SSSR count). The van der Waals surface area contributed by atoms with Gasteiger partial charge in [0, 0.05) is 18.3 Å². The van der Waals surface area contributed by atoms with Crippen molar-refractivity contribution in [2.45, 2.75) is 19.4 Å². The number of hydrogen-bond donors (Lipinski definition) is 1. The smallest absolute Gasteiger partial charge is 0.212 e. The van der Waals surface area contributed by atoms with Crippen LogP contribution in [0.3, 0.4) is 0 Å². The highest BCUT2D eigenvalue weighted by Gasteiger charge is 2.09. The van der Waals surface area contributed by atoms with Gasteiger partial charge in [0.15, 0.2) is 5.82 Å². The molecule has 0 unspecified atom stereocenters. The van der Waals surface area contributed by atoms with Gasteiger partial charge in [-0.15, -0.1) is 11.3 Å². The van der Waals surface area contributed by atoms with E-state index in [9.17, 15) is 4.39 Å². The zero-order valence-electron chi connectivity index (χ0n) is 10.2. The van der Waals surface area contributed by atoms with E-state index in [-0.39, 0.29) is 5.82 Å². The quantitative estimate of drug-likeness (QED) is 0.794. The number of halogens is 1. The van der Waals surface area contributed by atoms with Crippen molar-refractivity contribution in [1.29, 1.82) is 0 Å². The van der Waals surface area contributed by atoms with Gasteiger partial charge >= 0.3 is 0 Å². The molecule has 0 aliphatic heterocycles. The van der Waals surface area contributed by atoms with Crippen LogP contribution in [0.25, 0.3) is 4.96 Å². The van der Waals surface area contributed by atoms with Gasteiger partial charge in [-0.2, -0.15) is 5.10 Å². The Morgan fingerprint density at radius 2 is 2.11 bits per heavy atom. The van der Waals surface area contributed by atoms with Gasteiger partial charge in [0.1, 0.15) is 5.82 Å². The fraction of sp³-hybridized carbons (Fsp3) is 0.231. The number of nitrogens with zero attached hydrogens (tertiary/aromatic N) is 3. The highest BCUT2D eigenvalue weighted by Crippen LogP contribution is 2.15. The summed E-state index contributed by atoms with van der Waals surface area (Å²) in [6.45, 7) is 0.441. The van der Waals surface area contributed by atoms with Gasteiger partial charge in [-0.1, -0.05) is 18.2 Å². The largest absolute Gasteiger partial charge is 0.325 e. The summed E-state index contributed by atoms with van der Waals surface area (Å²) in [5.41, 5.74) is 7.27. The summed E-state index contributed by atoms with van der Waals surface area (Å²) in [7, 11) is 0. The fourth-order valence-electron chi connectivity index (χ4n) is 1.96. The number of fused-ring (bicyclic) bond motifs is 1. The lowest BCUT2D eigenvalue weighted by molar-refractivity contribution is 0.607. The molecule has 0 aliphatic carbocycles. The second-order valence-electron chi connectivity index (χ2n) is 4.24. The summed E-state index contributed by atoms with van der Waals surface area (Å²) in [6, 6.07) is 6.79. The molecule has 2 heterocycles. The standard InChI is InChI=1S/C13H13FN4S/c14-11-4-2-1-3-9(11)5-6-12-16-13-18(17-12)10(7-15)8-19-13/h1-4,8H,5-7,15H2. The minimum absolute atomic E-state index is 0.175. The van der Waals surface area contributed by atoms with Crippen LogP contribution in [-0.4, -0.2) is 14.6 Å². The average molecular weight is 276 g/mol. The van der Waals surface area contributed by atoms with Crippen LogP contribution in [-0.2, 0) is 19.4 Å². The van der Waals surface area contributed by atoms with Crippen LogP contribution in [0.5, 0.6) is 0 Å². The van der Waals surface area contributed by atoms with Crippen molar-refractivity contribution in [3.05, 3.63) is 52.5 Å². The van der Waals surface area contributed by atoms with Crippen molar-refractivity contribution in [2.75, 3.05) is 0 Å². The molecule has 0 radical (unpaired) electrons. The Labute approximate surface area is 113 Å². The van der Waals surface area contributed by atoms with Gasteiger partial charge in [-0.3, -0.25) is 0 Å². The maximum Gasteiger partial charge on any atom is 0.212 e. The lowest BCUT2D eigenvalue weighted by Crippen LogP contribution is -2.02. The molecule has 1 aromatic carbocycles. The summed E-state index contributed by atoms with van der Waals surface area (Å²) in [5.74, 6) is 0.552. The van der Waals surface area contributed by atoms with E-state index in [0.29, 0.717) is 24.9 Å². The molecule has 3 aromatic rings. The van der Waals surface area contributed by atoms with Crippen molar-refractivity contribution < 1.29 is 4.39 Å². The minimum atomic E-state index is -0.175. The predicted molar refractivity (Wildman–Crippen MR) is 72.6 cm³/mol. The van der Waals surface area contributed by atoms with Crippen LogP contribution in [0.15, 0.2) is 29.6 Å². The van der Waals surface area contributed by atoms with Crippen LogP contribution in [0.1, 0.15) is 17.1 Å². The highest BCUT2D eigenvalue weighted by molar-refractivity contribution is 7.15. The number of thiazole rings is 1. The molecule has 2 aromatic heterocycles. The Hall–Kier alpha value is -1.79. The highest BCUT2D eigenvalue weighted by atomic mass is 32.1. The van der Waals surface area contributed by atoms with E-state index in [4.69, 9.17) is 5.73 Å². The van der Waals surface area contributed by atoms with Crippen molar-refractivity contribution in [1.82, 2.24) is 14.6 Å². The predicted octanol–water partition coefficient (Wildman–Crippen LogP) is 2.17. The normalized spacial score (nSPS) is 11.3. The first-order valence-corrected chi connectivity index (χ1v) is 6.91. The first kappa shape index (κ1) is 12.3. The molecule has 6 heteroatoms. The number of benzene rings is 1. The molecule has 0 bridgehead atoms. The van der Waals surface area contributed by atoms with Gasteiger partial charge in [-0.05, 0) is 18.1 Å². The molecule has 0 atom stereocenters. The van der Waals surface area contributed by atoms with Crippen molar-refractivity contribution in [2.24, 2.45) is 5.73 Å². The summed E-state index contributed by atoms with van der Waals surface area (Å²) in [5, 5.41) is 6.36. The lowest BCUT2D eigenvalue weighted by Gasteiger charge is -1.99. The van der Waals surface area contributed by atoms with Crippen molar-refractivity contribution in [3.63, 3.8) is 0 Å². The van der Waals surface area contributed by atoms with E-state index in [1.807, 2.05) is 11.4 Å². The molecule has 0 saturated heterocycles. The van der Waals surface area contributed by atoms with Crippen molar-refractivity contribution >= 4 is 16.3 Å². The molecule has 2 N–H and O–H groups in total. The second-order valence-corrected chi connectivity index (χ2v) is 5.08. The molecule has 4 nitrogen and oxygen atoms in total. The van der Waals surface area contributed by atoms with E-state index < -0.39 is 0 Å². The monoisotopic (exact) mass is 276 g/mol. The van der Waals surface area contributed by atoms with Crippen LogP contribution < -0.4 is 5.73 Å². The fourth-order valence-corrected chi connectivity index (χ4v) is 2.81. The summed E-state index contributed by atoms with van der Waals surface area (Å²) >= 11 is 1.52.